The number of imide groups is 1. The molecule has 8 heteroatoms. The minimum atomic E-state index is -0.981. The Balaban J connectivity index is 1.34. The van der Waals surface area contributed by atoms with Crippen LogP contribution in [0, 0.1) is 5.92 Å². The Hall–Kier alpha value is -3.65. The molecule has 5 rings (SSSR count). The van der Waals surface area contributed by atoms with Gasteiger partial charge in [0.05, 0.1) is 7.11 Å². The second kappa shape index (κ2) is 9.19. The molecule has 3 aromatic rings. The first-order valence-electron chi connectivity index (χ1n) is 12.0. The molecule has 2 aromatic carbocycles. The van der Waals surface area contributed by atoms with E-state index >= 15 is 0 Å². The van der Waals surface area contributed by atoms with Gasteiger partial charge in [-0.3, -0.25) is 19.4 Å². The van der Waals surface area contributed by atoms with Crippen LogP contribution in [-0.4, -0.2) is 59.5 Å². The summed E-state index contributed by atoms with van der Waals surface area (Å²) >= 11 is 0. The Bertz CT molecular complexity index is 1330. The molecule has 8 nitrogen and oxygen atoms in total. The van der Waals surface area contributed by atoms with E-state index in [0.717, 1.165) is 53.7 Å². The maximum Gasteiger partial charge on any atom is 0.324 e. The highest BCUT2D eigenvalue weighted by atomic mass is 16.5. The van der Waals surface area contributed by atoms with Crippen LogP contribution in [0.25, 0.3) is 10.9 Å². The summed E-state index contributed by atoms with van der Waals surface area (Å²) in [6.07, 6.45) is 1.90. The van der Waals surface area contributed by atoms with E-state index in [2.05, 4.69) is 15.2 Å². The van der Waals surface area contributed by atoms with Gasteiger partial charge in [0.15, 0.2) is 0 Å². The molecule has 182 valence electrons. The largest absolute Gasteiger partial charge is 0.497 e. The van der Waals surface area contributed by atoms with E-state index in [4.69, 9.17) is 4.74 Å². The van der Waals surface area contributed by atoms with E-state index in [9.17, 15) is 14.4 Å². The summed E-state index contributed by atoms with van der Waals surface area (Å²) in [5.74, 6) is 0.522. The van der Waals surface area contributed by atoms with Gasteiger partial charge in [-0.1, -0.05) is 30.3 Å². The third kappa shape index (κ3) is 4.30. The zero-order valence-corrected chi connectivity index (χ0v) is 20.0. The van der Waals surface area contributed by atoms with Gasteiger partial charge >= 0.3 is 6.03 Å². The lowest BCUT2D eigenvalue weighted by molar-refractivity contribution is -0.133. The van der Waals surface area contributed by atoms with Crippen LogP contribution in [0.15, 0.2) is 59.4 Å². The zero-order valence-electron chi connectivity index (χ0n) is 20.0. The number of benzene rings is 2. The number of aromatic nitrogens is 1. The number of nitrogens with zero attached hydrogens (tertiary/aromatic N) is 2. The molecule has 1 atom stereocenters. The molecule has 35 heavy (non-hydrogen) atoms. The van der Waals surface area contributed by atoms with Gasteiger partial charge in [0.2, 0.25) is 0 Å². The summed E-state index contributed by atoms with van der Waals surface area (Å²) in [5.41, 5.74) is 1.46. The lowest BCUT2D eigenvalue weighted by atomic mass is 9.74. The van der Waals surface area contributed by atoms with Crippen LogP contribution in [-0.2, 0) is 17.8 Å². The number of para-hydroxylation sites is 1. The summed E-state index contributed by atoms with van der Waals surface area (Å²) in [6.45, 7) is 2.03. The fourth-order valence-corrected chi connectivity index (χ4v) is 5.50. The van der Waals surface area contributed by atoms with Crippen LogP contribution in [0.5, 0.6) is 5.75 Å². The van der Waals surface area contributed by atoms with Gasteiger partial charge < -0.3 is 15.0 Å². The highest BCUT2D eigenvalue weighted by Crippen LogP contribution is 2.36. The Morgan fingerprint density at radius 1 is 1.03 bits per heavy atom. The number of urea groups is 1. The van der Waals surface area contributed by atoms with Crippen molar-refractivity contribution in [1.82, 2.24) is 20.1 Å². The number of amides is 3. The van der Waals surface area contributed by atoms with Gasteiger partial charge in [0.25, 0.3) is 11.5 Å². The summed E-state index contributed by atoms with van der Waals surface area (Å²) in [5, 5.41) is 4.05. The maximum atomic E-state index is 13.4. The van der Waals surface area contributed by atoms with E-state index in [1.807, 2.05) is 54.6 Å². The van der Waals surface area contributed by atoms with Gasteiger partial charge in [-0.2, -0.15) is 0 Å². The first-order chi connectivity index (χ1) is 16.9. The molecule has 0 saturated carbocycles. The summed E-state index contributed by atoms with van der Waals surface area (Å²) in [7, 11) is 3.15. The van der Waals surface area contributed by atoms with Gasteiger partial charge in [-0.05, 0) is 67.1 Å². The SMILES string of the molecule is COc1cccc(C[C@@]2(C3CCN(Cc4cc5ccccc5[nH]c4=O)CC3)NC(=O)N(C)C2=O)c1. The van der Waals surface area contributed by atoms with E-state index < -0.39 is 5.54 Å². The van der Waals surface area contributed by atoms with Crippen LogP contribution < -0.4 is 15.6 Å². The molecule has 2 aliphatic rings. The fourth-order valence-electron chi connectivity index (χ4n) is 5.50. The lowest BCUT2D eigenvalue weighted by Crippen LogP contribution is -2.57. The highest BCUT2D eigenvalue weighted by Gasteiger charge is 2.54. The number of ether oxygens (including phenoxy) is 1. The fraction of sp³-hybridized carbons (Fsp3) is 0.370. The van der Waals surface area contributed by atoms with Crippen molar-refractivity contribution in [2.75, 3.05) is 27.2 Å². The monoisotopic (exact) mass is 474 g/mol. The van der Waals surface area contributed by atoms with E-state index in [-0.39, 0.29) is 23.4 Å². The predicted molar refractivity (Wildman–Crippen MR) is 133 cm³/mol. The van der Waals surface area contributed by atoms with Gasteiger partial charge in [-0.25, -0.2) is 4.79 Å². The summed E-state index contributed by atoms with van der Waals surface area (Å²) in [4.78, 5) is 44.9. The van der Waals surface area contributed by atoms with Crippen LogP contribution in [0.2, 0.25) is 0 Å². The minimum Gasteiger partial charge on any atom is -0.497 e. The number of pyridine rings is 1. The molecule has 3 heterocycles. The number of likely N-dealkylation sites (tertiary alicyclic amines) is 1. The van der Waals surface area contributed by atoms with Crippen LogP contribution in [0.1, 0.15) is 24.0 Å². The average molecular weight is 475 g/mol. The Kier molecular flexibility index (Phi) is 6.06. The molecule has 1 aromatic heterocycles. The zero-order chi connectivity index (χ0) is 24.6. The second-order valence-corrected chi connectivity index (χ2v) is 9.56. The smallest absolute Gasteiger partial charge is 0.324 e. The average Bonchev–Trinajstić information content (AvgIpc) is 3.09. The number of aromatic amines is 1. The Morgan fingerprint density at radius 3 is 2.51 bits per heavy atom. The number of hydrogen-bond acceptors (Lipinski definition) is 5. The molecular weight excluding hydrogens is 444 g/mol. The Morgan fingerprint density at radius 2 is 1.80 bits per heavy atom. The first kappa shape index (κ1) is 23.1. The Labute approximate surface area is 203 Å². The van der Waals surface area contributed by atoms with Crippen molar-refractivity contribution in [3.8, 4) is 5.75 Å². The first-order valence-corrected chi connectivity index (χ1v) is 12.0. The number of nitrogens with one attached hydrogen (secondary N) is 2. The number of methoxy groups -OCH3 is 1. The number of H-pyrrole nitrogens is 1. The highest BCUT2D eigenvalue weighted by molar-refractivity contribution is 6.07. The van der Waals surface area contributed by atoms with Crippen molar-refractivity contribution >= 4 is 22.8 Å². The number of fused-ring (bicyclic) bond motifs is 1. The van der Waals surface area contributed by atoms with Crippen molar-refractivity contribution in [3.05, 3.63) is 76.1 Å². The standard InChI is InChI=1S/C27H30N4O4/c1-30-25(33)27(29-26(30)34,16-18-6-5-8-22(14-18)35-2)21-10-12-31(13-11-21)17-20-15-19-7-3-4-9-23(19)28-24(20)32/h3-9,14-15,21H,10-13,16-17H2,1-2H3,(H,28,32)(H,29,34)/t27-/m0/s1. The van der Waals surface area contributed by atoms with Crippen LogP contribution in [0.4, 0.5) is 4.79 Å². The lowest BCUT2D eigenvalue weighted by Gasteiger charge is -2.41. The third-order valence-electron chi connectivity index (χ3n) is 7.45. The minimum absolute atomic E-state index is 0.0127. The number of carbonyl (C=O) groups excluding carboxylic acids is 2. The van der Waals surface area contributed by atoms with Crippen molar-refractivity contribution in [3.63, 3.8) is 0 Å². The molecule has 0 radical (unpaired) electrons. The molecule has 0 aliphatic carbocycles. The molecule has 0 unspecified atom stereocenters. The van der Waals surface area contributed by atoms with Crippen LogP contribution >= 0.6 is 0 Å². The number of likely N-dealkylation sites (N-methyl/N-ethyl adjacent to an activating group) is 1. The molecule has 2 aliphatic heterocycles. The van der Waals surface area contributed by atoms with E-state index in [1.54, 1.807) is 7.11 Å². The molecular formula is C27H30N4O4. The molecule has 0 spiro atoms. The van der Waals surface area contributed by atoms with Crippen molar-refractivity contribution in [2.45, 2.75) is 31.3 Å². The number of piperidine rings is 1. The summed E-state index contributed by atoms with van der Waals surface area (Å²) < 4.78 is 5.36. The topological polar surface area (TPSA) is 94.7 Å². The van der Waals surface area contributed by atoms with E-state index in [1.165, 1.54) is 11.9 Å². The molecule has 2 fully saturated rings. The van der Waals surface area contributed by atoms with Crippen molar-refractivity contribution in [1.29, 1.82) is 0 Å². The number of rotatable bonds is 6. The normalized spacial score (nSPS) is 21.5. The quantitative estimate of drug-likeness (QED) is 0.536. The van der Waals surface area contributed by atoms with Crippen molar-refractivity contribution < 1.29 is 14.3 Å². The van der Waals surface area contributed by atoms with Gasteiger partial charge in [-0.15, -0.1) is 0 Å². The second-order valence-electron chi connectivity index (χ2n) is 9.56. The van der Waals surface area contributed by atoms with Crippen molar-refractivity contribution in [2.24, 2.45) is 5.92 Å². The maximum absolute atomic E-state index is 13.4. The molecule has 2 N–H and O–H groups in total. The van der Waals surface area contributed by atoms with Gasteiger partial charge in [0.1, 0.15) is 11.3 Å². The number of hydrogen-bond donors (Lipinski definition) is 2. The molecule has 3 amide bonds. The molecule has 0 bridgehead atoms. The van der Waals surface area contributed by atoms with E-state index in [0.29, 0.717) is 13.0 Å². The van der Waals surface area contributed by atoms with Gasteiger partial charge in [0, 0.05) is 31.1 Å². The predicted octanol–water partition coefficient (Wildman–Crippen LogP) is 2.91. The number of carbonyl (C=O) groups is 2. The molecule has 2 saturated heterocycles. The third-order valence-corrected chi connectivity index (χ3v) is 7.45. The summed E-state index contributed by atoms with van der Waals surface area (Å²) in [6, 6.07) is 17.0. The van der Waals surface area contributed by atoms with Crippen LogP contribution in [0.3, 0.4) is 0 Å².